The van der Waals surface area contributed by atoms with Crippen LogP contribution in [-0.2, 0) is 13.5 Å². The molecule has 13 heavy (non-hydrogen) atoms. The van der Waals surface area contributed by atoms with Gasteiger partial charge in [0.15, 0.2) is 0 Å². The summed E-state index contributed by atoms with van der Waals surface area (Å²) in [4.78, 5) is 0. The van der Waals surface area contributed by atoms with Gasteiger partial charge < -0.3 is 0 Å². The van der Waals surface area contributed by atoms with Gasteiger partial charge in [-0.3, -0.25) is 4.68 Å². The molecule has 0 amide bonds. The average molecular weight is 199 g/mol. The summed E-state index contributed by atoms with van der Waals surface area (Å²) in [5, 5.41) is 4.10. The summed E-state index contributed by atoms with van der Waals surface area (Å²) >= 11 is 5.54. The molecule has 1 heterocycles. The molecule has 0 saturated carbocycles. The van der Waals surface area contributed by atoms with Crippen molar-refractivity contribution in [3.05, 3.63) is 30.1 Å². The molecule has 0 aliphatic rings. The summed E-state index contributed by atoms with van der Waals surface area (Å²) in [5.74, 6) is 0.711. The molecule has 0 saturated heterocycles. The predicted octanol–water partition coefficient (Wildman–Crippen LogP) is 2.54. The quantitative estimate of drug-likeness (QED) is 0.525. The van der Waals surface area contributed by atoms with Crippen molar-refractivity contribution in [1.29, 1.82) is 0 Å². The van der Waals surface area contributed by atoms with E-state index < -0.39 is 0 Å². The zero-order valence-corrected chi connectivity index (χ0v) is 8.67. The SMILES string of the molecule is Cn1nccc1CC/C=C/CCCl. The number of aromatic nitrogens is 2. The fourth-order valence-corrected chi connectivity index (χ4v) is 1.30. The molecule has 1 aromatic heterocycles. The van der Waals surface area contributed by atoms with Gasteiger partial charge in [0.25, 0.3) is 0 Å². The Morgan fingerprint density at radius 1 is 1.46 bits per heavy atom. The summed E-state index contributed by atoms with van der Waals surface area (Å²) in [6.45, 7) is 0. The van der Waals surface area contributed by atoms with Crippen LogP contribution in [0.4, 0.5) is 0 Å². The second kappa shape index (κ2) is 5.81. The van der Waals surface area contributed by atoms with Crippen LogP contribution in [0.5, 0.6) is 0 Å². The van der Waals surface area contributed by atoms with Gasteiger partial charge in [-0.1, -0.05) is 12.2 Å². The van der Waals surface area contributed by atoms with E-state index in [0.29, 0.717) is 5.88 Å². The van der Waals surface area contributed by atoms with Gasteiger partial charge in [-0.2, -0.15) is 5.10 Å². The van der Waals surface area contributed by atoms with Crippen LogP contribution in [-0.4, -0.2) is 15.7 Å². The van der Waals surface area contributed by atoms with Gasteiger partial charge in [-0.25, -0.2) is 0 Å². The average Bonchev–Trinajstić information content (AvgIpc) is 2.52. The lowest BCUT2D eigenvalue weighted by molar-refractivity contribution is 0.706. The Labute approximate surface area is 84.2 Å². The van der Waals surface area contributed by atoms with Crippen molar-refractivity contribution >= 4 is 11.6 Å². The van der Waals surface area contributed by atoms with Gasteiger partial charge in [0.2, 0.25) is 0 Å². The number of hydrogen-bond donors (Lipinski definition) is 0. The summed E-state index contributed by atoms with van der Waals surface area (Å²) < 4.78 is 1.91. The second-order valence-electron chi connectivity index (χ2n) is 2.93. The van der Waals surface area contributed by atoms with E-state index >= 15 is 0 Å². The van der Waals surface area contributed by atoms with Crippen molar-refractivity contribution in [2.75, 3.05) is 5.88 Å². The summed E-state index contributed by atoms with van der Waals surface area (Å²) in [6, 6.07) is 2.05. The lowest BCUT2D eigenvalue weighted by atomic mass is 10.2. The number of nitrogens with zero attached hydrogens (tertiary/aromatic N) is 2. The highest BCUT2D eigenvalue weighted by Crippen LogP contribution is 2.01. The number of halogens is 1. The zero-order chi connectivity index (χ0) is 9.52. The maximum atomic E-state index is 5.54. The third-order valence-corrected chi connectivity index (χ3v) is 2.15. The van der Waals surface area contributed by atoms with E-state index in [-0.39, 0.29) is 0 Å². The molecule has 0 N–H and O–H groups in total. The second-order valence-corrected chi connectivity index (χ2v) is 3.31. The molecule has 2 nitrogen and oxygen atoms in total. The molecule has 72 valence electrons. The van der Waals surface area contributed by atoms with Crippen molar-refractivity contribution in [1.82, 2.24) is 9.78 Å². The first-order chi connectivity index (χ1) is 6.34. The maximum absolute atomic E-state index is 5.54. The number of allylic oxidation sites excluding steroid dienone is 2. The van der Waals surface area contributed by atoms with Crippen molar-refractivity contribution in [2.24, 2.45) is 7.05 Å². The largest absolute Gasteiger partial charge is 0.273 e. The van der Waals surface area contributed by atoms with Crippen molar-refractivity contribution in [3.63, 3.8) is 0 Å². The van der Waals surface area contributed by atoms with Crippen molar-refractivity contribution < 1.29 is 0 Å². The summed E-state index contributed by atoms with van der Waals surface area (Å²) in [6.07, 6.45) is 9.22. The first kappa shape index (κ1) is 10.3. The van der Waals surface area contributed by atoms with Gasteiger partial charge in [0.1, 0.15) is 0 Å². The molecule has 0 aliphatic carbocycles. The Hall–Kier alpha value is -0.760. The molecular formula is C10H15ClN2. The van der Waals surface area contributed by atoms with Crippen LogP contribution in [0.15, 0.2) is 24.4 Å². The molecule has 0 aromatic carbocycles. The van der Waals surface area contributed by atoms with E-state index in [2.05, 4.69) is 23.3 Å². The molecule has 0 fully saturated rings. The van der Waals surface area contributed by atoms with Gasteiger partial charge in [0.05, 0.1) is 0 Å². The summed E-state index contributed by atoms with van der Waals surface area (Å²) in [5.41, 5.74) is 1.27. The van der Waals surface area contributed by atoms with Gasteiger partial charge in [0, 0.05) is 24.8 Å². The molecule has 0 radical (unpaired) electrons. The van der Waals surface area contributed by atoms with E-state index in [4.69, 9.17) is 11.6 Å². The first-order valence-electron chi connectivity index (χ1n) is 4.52. The molecule has 0 aliphatic heterocycles. The standard InChI is InChI=1S/C10H15ClN2/c1-13-10(7-9-12-13)6-4-2-3-5-8-11/h2-3,7,9H,4-6,8H2,1H3/b3-2+. The van der Waals surface area contributed by atoms with E-state index in [1.165, 1.54) is 5.69 Å². The Bertz CT molecular complexity index is 266. The topological polar surface area (TPSA) is 17.8 Å². The van der Waals surface area contributed by atoms with Gasteiger partial charge >= 0.3 is 0 Å². The Morgan fingerprint density at radius 3 is 2.85 bits per heavy atom. The minimum Gasteiger partial charge on any atom is -0.273 e. The fourth-order valence-electron chi connectivity index (χ4n) is 1.18. The molecule has 0 unspecified atom stereocenters. The molecule has 0 spiro atoms. The van der Waals surface area contributed by atoms with Crippen LogP contribution in [0, 0.1) is 0 Å². The number of hydrogen-bond acceptors (Lipinski definition) is 1. The Morgan fingerprint density at radius 2 is 2.23 bits per heavy atom. The monoisotopic (exact) mass is 198 g/mol. The maximum Gasteiger partial charge on any atom is 0.0492 e. The number of rotatable bonds is 5. The fraction of sp³-hybridized carbons (Fsp3) is 0.500. The molecular weight excluding hydrogens is 184 g/mol. The zero-order valence-electron chi connectivity index (χ0n) is 7.91. The van der Waals surface area contributed by atoms with Crippen LogP contribution in [0.1, 0.15) is 18.5 Å². The van der Waals surface area contributed by atoms with Crippen LogP contribution in [0.3, 0.4) is 0 Å². The number of aryl methyl sites for hydroxylation is 2. The molecule has 0 bridgehead atoms. The third-order valence-electron chi connectivity index (χ3n) is 1.93. The van der Waals surface area contributed by atoms with Gasteiger partial charge in [-0.15, -0.1) is 11.6 Å². The first-order valence-corrected chi connectivity index (χ1v) is 5.06. The minimum atomic E-state index is 0.711. The van der Waals surface area contributed by atoms with Crippen LogP contribution in [0.25, 0.3) is 0 Å². The van der Waals surface area contributed by atoms with Crippen molar-refractivity contribution in [3.8, 4) is 0 Å². The smallest absolute Gasteiger partial charge is 0.0492 e. The van der Waals surface area contributed by atoms with Crippen molar-refractivity contribution in [2.45, 2.75) is 19.3 Å². The summed E-state index contributed by atoms with van der Waals surface area (Å²) in [7, 11) is 1.97. The lowest BCUT2D eigenvalue weighted by Gasteiger charge is -1.97. The predicted molar refractivity (Wildman–Crippen MR) is 56.0 cm³/mol. The highest BCUT2D eigenvalue weighted by atomic mass is 35.5. The third kappa shape index (κ3) is 3.64. The molecule has 0 atom stereocenters. The van der Waals surface area contributed by atoms with E-state index in [1.807, 2.05) is 17.9 Å². The molecule has 1 rings (SSSR count). The lowest BCUT2D eigenvalue weighted by Crippen LogP contribution is -1.96. The highest BCUT2D eigenvalue weighted by Gasteiger charge is 1.94. The highest BCUT2D eigenvalue weighted by molar-refractivity contribution is 6.17. The van der Waals surface area contributed by atoms with Crippen LogP contribution < -0.4 is 0 Å². The van der Waals surface area contributed by atoms with Crippen LogP contribution in [0.2, 0.25) is 0 Å². The molecule has 1 aromatic rings. The molecule has 3 heteroatoms. The normalized spacial score (nSPS) is 11.2. The van der Waals surface area contributed by atoms with E-state index in [1.54, 1.807) is 0 Å². The van der Waals surface area contributed by atoms with E-state index in [0.717, 1.165) is 19.3 Å². The Kier molecular flexibility index (Phi) is 4.61. The minimum absolute atomic E-state index is 0.711. The Balaban J connectivity index is 2.24. The van der Waals surface area contributed by atoms with E-state index in [9.17, 15) is 0 Å². The van der Waals surface area contributed by atoms with Crippen LogP contribution >= 0.6 is 11.6 Å². The number of alkyl halides is 1. The van der Waals surface area contributed by atoms with Gasteiger partial charge in [-0.05, 0) is 25.3 Å².